The van der Waals surface area contributed by atoms with Crippen molar-refractivity contribution in [1.29, 1.82) is 0 Å². The van der Waals surface area contributed by atoms with Gasteiger partial charge < -0.3 is 9.84 Å². The van der Waals surface area contributed by atoms with E-state index in [1.54, 1.807) is 6.92 Å². The number of ether oxygens (including phenoxy) is 1. The number of rotatable bonds is 10. The standard InChI is InChI=1S/C16H30O7S/c1-10(2)7-12(5)16(9-14(17)18,24(20,21)22)15(19)23-13(6)8-11(3)4/h10-13H,7-9H2,1-6H3,(H,17,18)(H,20,21,22). The summed E-state index contributed by atoms with van der Waals surface area (Å²) in [5.41, 5.74) is 0. The molecule has 0 aliphatic rings. The first-order valence-corrected chi connectivity index (χ1v) is 9.57. The predicted molar refractivity (Wildman–Crippen MR) is 90.2 cm³/mol. The summed E-state index contributed by atoms with van der Waals surface area (Å²) in [4.78, 5) is 23.9. The summed E-state index contributed by atoms with van der Waals surface area (Å²) < 4.78 is 36.5. The maximum atomic E-state index is 12.6. The van der Waals surface area contributed by atoms with Crippen molar-refractivity contribution in [3.05, 3.63) is 0 Å². The summed E-state index contributed by atoms with van der Waals surface area (Å²) in [5, 5.41) is 9.14. The van der Waals surface area contributed by atoms with E-state index in [2.05, 4.69) is 0 Å². The number of carbonyl (C=O) groups excluding carboxylic acids is 1. The molecule has 0 fully saturated rings. The topological polar surface area (TPSA) is 118 Å². The van der Waals surface area contributed by atoms with Crippen molar-refractivity contribution in [2.45, 2.75) is 71.7 Å². The highest BCUT2D eigenvalue weighted by Gasteiger charge is 2.57. The van der Waals surface area contributed by atoms with Gasteiger partial charge in [-0.15, -0.1) is 0 Å². The zero-order valence-corrected chi connectivity index (χ0v) is 16.1. The Morgan fingerprint density at radius 1 is 1.00 bits per heavy atom. The average Bonchev–Trinajstić information content (AvgIpc) is 2.31. The molecule has 0 rings (SSSR count). The van der Waals surface area contributed by atoms with E-state index in [1.807, 2.05) is 27.7 Å². The SMILES string of the molecule is CC(C)CC(C)OC(=O)C(CC(=O)O)(C(C)CC(C)C)S(=O)(=O)O. The van der Waals surface area contributed by atoms with Gasteiger partial charge in [-0.2, -0.15) is 8.42 Å². The van der Waals surface area contributed by atoms with Crippen molar-refractivity contribution in [2.75, 3.05) is 0 Å². The molecule has 142 valence electrons. The highest BCUT2D eigenvalue weighted by Crippen LogP contribution is 2.36. The third kappa shape index (κ3) is 6.05. The molecule has 0 saturated heterocycles. The Bertz CT molecular complexity index is 539. The van der Waals surface area contributed by atoms with Crippen LogP contribution in [0.4, 0.5) is 0 Å². The molecule has 0 radical (unpaired) electrons. The molecule has 0 heterocycles. The van der Waals surface area contributed by atoms with E-state index in [9.17, 15) is 22.6 Å². The van der Waals surface area contributed by atoms with Gasteiger partial charge in [-0.05, 0) is 37.5 Å². The molecule has 3 unspecified atom stereocenters. The maximum Gasteiger partial charge on any atom is 0.331 e. The number of carboxylic acids is 1. The minimum Gasteiger partial charge on any atom is -0.481 e. The van der Waals surface area contributed by atoms with Gasteiger partial charge in [0.25, 0.3) is 10.1 Å². The number of hydrogen-bond acceptors (Lipinski definition) is 5. The van der Waals surface area contributed by atoms with E-state index in [0.29, 0.717) is 6.42 Å². The van der Waals surface area contributed by atoms with Gasteiger partial charge in [0.2, 0.25) is 4.75 Å². The van der Waals surface area contributed by atoms with Crippen molar-refractivity contribution >= 4 is 22.1 Å². The summed E-state index contributed by atoms with van der Waals surface area (Å²) in [5.74, 6) is -3.39. The Hall–Kier alpha value is -1.15. The van der Waals surface area contributed by atoms with E-state index >= 15 is 0 Å². The molecule has 0 bridgehead atoms. The second-order valence-corrected chi connectivity index (χ2v) is 8.99. The zero-order chi connectivity index (χ0) is 19.3. The summed E-state index contributed by atoms with van der Waals surface area (Å²) in [6.07, 6.45) is -0.870. The van der Waals surface area contributed by atoms with Crippen LogP contribution in [0.15, 0.2) is 0 Å². The molecule has 8 heteroatoms. The van der Waals surface area contributed by atoms with Crippen LogP contribution in [0, 0.1) is 17.8 Å². The normalized spacial score (nSPS) is 17.4. The molecule has 0 amide bonds. The lowest BCUT2D eigenvalue weighted by Crippen LogP contribution is -2.54. The Morgan fingerprint density at radius 2 is 1.46 bits per heavy atom. The van der Waals surface area contributed by atoms with Crippen LogP contribution in [-0.4, -0.2) is 40.9 Å². The van der Waals surface area contributed by atoms with Gasteiger partial charge in [0, 0.05) is 0 Å². The summed E-state index contributed by atoms with van der Waals surface area (Å²) in [7, 11) is -5.00. The molecule has 0 aliphatic carbocycles. The van der Waals surface area contributed by atoms with E-state index in [1.165, 1.54) is 6.92 Å². The molecule has 0 aromatic carbocycles. The van der Waals surface area contributed by atoms with Crippen molar-refractivity contribution in [3.8, 4) is 0 Å². The molecule has 0 aromatic rings. The molecule has 2 N–H and O–H groups in total. The quantitative estimate of drug-likeness (QED) is 0.451. The van der Waals surface area contributed by atoms with Gasteiger partial charge in [-0.25, -0.2) is 0 Å². The van der Waals surface area contributed by atoms with E-state index in [-0.39, 0.29) is 18.3 Å². The van der Waals surface area contributed by atoms with Crippen LogP contribution in [0.1, 0.15) is 60.8 Å². The second-order valence-electron chi connectivity index (χ2n) is 7.31. The Labute approximate surface area is 144 Å². The Morgan fingerprint density at radius 3 is 1.79 bits per heavy atom. The van der Waals surface area contributed by atoms with Gasteiger partial charge >= 0.3 is 11.9 Å². The molecule has 0 aliphatic heterocycles. The van der Waals surface area contributed by atoms with Gasteiger partial charge in [0.05, 0.1) is 12.5 Å². The van der Waals surface area contributed by atoms with Crippen LogP contribution in [0.25, 0.3) is 0 Å². The molecule has 24 heavy (non-hydrogen) atoms. The van der Waals surface area contributed by atoms with Crippen LogP contribution < -0.4 is 0 Å². The molecule has 0 saturated carbocycles. The molecular weight excluding hydrogens is 336 g/mol. The Balaban J connectivity index is 5.89. The number of carboxylic acid groups (broad SMARTS) is 1. The highest BCUT2D eigenvalue weighted by atomic mass is 32.2. The molecule has 0 spiro atoms. The summed E-state index contributed by atoms with van der Waals surface area (Å²) >= 11 is 0. The molecular formula is C16H30O7S. The lowest BCUT2D eigenvalue weighted by Gasteiger charge is -2.34. The van der Waals surface area contributed by atoms with E-state index < -0.39 is 45.2 Å². The monoisotopic (exact) mass is 366 g/mol. The van der Waals surface area contributed by atoms with Gasteiger partial charge in [-0.3, -0.25) is 14.1 Å². The lowest BCUT2D eigenvalue weighted by atomic mass is 9.83. The first-order chi connectivity index (χ1) is 10.7. The van der Waals surface area contributed by atoms with Gasteiger partial charge in [0.15, 0.2) is 0 Å². The number of esters is 1. The van der Waals surface area contributed by atoms with Crippen molar-refractivity contribution < 1.29 is 32.4 Å². The first-order valence-electron chi connectivity index (χ1n) is 8.13. The van der Waals surface area contributed by atoms with E-state index in [4.69, 9.17) is 9.84 Å². The molecule has 0 aromatic heterocycles. The van der Waals surface area contributed by atoms with Crippen LogP contribution in [-0.2, 0) is 24.4 Å². The summed E-state index contributed by atoms with van der Waals surface area (Å²) in [6.45, 7) is 10.5. The van der Waals surface area contributed by atoms with Crippen LogP contribution >= 0.6 is 0 Å². The number of carbonyl (C=O) groups is 2. The predicted octanol–water partition coefficient (Wildman–Crippen LogP) is 2.75. The molecule has 7 nitrogen and oxygen atoms in total. The fraction of sp³-hybridized carbons (Fsp3) is 0.875. The second kappa shape index (κ2) is 8.80. The third-order valence-corrected chi connectivity index (χ3v) is 5.59. The number of hydrogen-bond donors (Lipinski definition) is 2. The van der Waals surface area contributed by atoms with Gasteiger partial charge in [0.1, 0.15) is 0 Å². The van der Waals surface area contributed by atoms with Crippen LogP contribution in [0.3, 0.4) is 0 Å². The van der Waals surface area contributed by atoms with Crippen LogP contribution in [0.2, 0.25) is 0 Å². The van der Waals surface area contributed by atoms with Crippen molar-refractivity contribution in [2.24, 2.45) is 17.8 Å². The van der Waals surface area contributed by atoms with Crippen molar-refractivity contribution in [1.82, 2.24) is 0 Å². The third-order valence-electron chi connectivity index (χ3n) is 3.95. The minimum absolute atomic E-state index is 0.0100. The first kappa shape index (κ1) is 22.9. The maximum absolute atomic E-state index is 12.6. The van der Waals surface area contributed by atoms with Crippen LogP contribution in [0.5, 0.6) is 0 Å². The number of aliphatic carboxylic acids is 1. The zero-order valence-electron chi connectivity index (χ0n) is 15.3. The minimum atomic E-state index is -5.00. The summed E-state index contributed by atoms with van der Waals surface area (Å²) in [6, 6.07) is 0. The highest BCUT2D eigenvalue weighted by molar-refractivity contribution is 7.88. The van der Waals surface area contributed by atoms with Crippen molar-refractivity contribution in [3.63, 3.8) is 0 Å². The molecule has 3 atom stereocenters. The van der Waals surface area contributed by atoms with Gasteiger partial charge in [-0.1, -0.05) is 34.6 Å². The fourth-order valence-electron chi connectivity index (χ4n) is 3.01. The lowest BCUT2D eigenvalue weighted by molar-refractivity contribution is -0.157. The fourth-order valence-corrected chi connectivity index (χ4v) is 4.18. The Kier molecular flexibility index (Phi) is 8.38. The van der Waals surface area contributed by atoms with E-state index in [0.717, 1.165) is 0 Å². The smallest absolute Gasteiger partial charge is 0.331 e. The average molecular weight is 366 g/mol. The largest absolute Gasteiger partial charge is 0.481 e.